The van der Waals surface area contributed by atoms with Gasteiger partial charge in [0.2, 0.25) is 0 Å². The van der Waals surface area contributed by atoms with E-state index in [1.807, 2.05) is 30.0 Å². The predicted octanol–water partition coefficient (Wildman–Crippen LogP) is 2.46. The highest BCUT2D eigenvalue weighted by molar-refractivity contribution is 5.95. The zero-order valence-corrected chi connectivity index (χ0v) is 13.0. The number of hydrogen-bond acceptors (Lipinski definition) is 2. The fraction of sp³-hybridized carbons (Fsp3) is 0.500. The van der Waals surface area contributed by atoms with Crippen LogP contribution >= 0.6 is 0 Å². The van der Waals surface area contributed by atoms with E-state index < -0.39 is 0 Å². The molecule has 112 valence electrons. The van der Waals surface area contributed by atoms with Crippen molar-refractivity contribution in [3.8, 4) is 11.8 Å². The molecule has 1 aromatic carbocycles. The highest BCUT2D eigenvalue weighted by Crippen LogP contribution is 2.25. The summed E-state index contributed by atoms with van der Waals surface area (Å²) in [5.74, 6) is 6.82. The molecule has 0 bridgehead atoms. The van der Waals surface area contributed by atoms with E-state index in [4.69, 9.17) is 5.11 Å². The van der Waals surface area contributed by atoms with E-state index in [0.29, 0.717) is 17.4 Å². The van der Waals surface area contributed by atoms with E-state index in [1.165, 1.54) is 0 Å². The van der Waals surface area contributed by atoms with Crippen molar-refractivity contribution >= 4 is 5.91 Å². The van der Waals surface area contributed by atoms with Gasteiger partial charge in [-0.05, 0) is 48.9 Å². The number of benzene rings is 1. The lowest BCUT2D eigenvalue weighted by atomic mass is 9.95. The Balaban J connectivity index is 2.18. The molecule has 1 saturated heterocycles. The van der Waals surface area contributed by atoms with Crippen LogP contribution in [0.1, 0.15) is 41.8 Å². The van der Waals surface area contributed by atoms with Gasteiger partial charge in [0.05, 0.1) is 0 Å². The van der Waals surface area contributed by atoms with Gasteiger partial charge in [-0.3, -0.25) is 4.79 Å². The zero-order chi connectivity index (χ0) is 15.4. The Bertz CT molecular complexity index is 581. The van der Waals surface area contributed by atoms with Crippen LogP contribution in [-0.2, 0) is 0 Å². The largest absolute Gasteiger partial charge is 0.384 e. The van der Waals surface area contributed by atoms with Gasteiger partial charge in [0.1, 0.15) is 6.61 Å². The average Bonchev–Trinajstić information content (AvgIpc) is 2.93. The number of rotatable bonds is 2. The third-order valence-electron chi connectivity index (χ3n) is 4.09. The monoisotopic (exact) mass is 285 g/mol. The molecule has 0 spiro atoms. The number of carbonyl (C=O) groups is 1. The van der Waals surface area contributed by atoms with Crippen LogP contribution in [0.15, 0.2) is 18.2 Å². The van der Waals surface area contributed by atoms with Gasteiger partial charge in [-0.25, -0.2) is 0 Å². The SMILES string of the molecule is Cc1cc(C#CCO)cc(C(=O)N2CCC(C(C)C)C2)c1. The average molecular weight is 285 g/mol. The van der Waals surface area contributed by atoms with E-state index in [9.17, 15) is 4.79 Å². The molecule has 3 nitrogen and oxygen atoms in total. The third kappa shape index (κ3) is 3.86. The second-order valence-electron chi connectivity index (χ2n) is 6.09. The molecule has 2 rings (SSSR count). The summed E-state index contributed by atoms with van der Waals surface area (Å²) in [6.45, 7) is 7.92. The van der Waals surface area contributed by atoms with Crippen molar-refractivity contribution in [2.45, 2.75) is 27.2 Å². The molecule has 21 heavy (non-hydrogen) atoms. The van der Waals surface area contributed by atoms with Crippen LogP contribution in [-0.4, -0.2) is 35.6 Å². The van der Waals surface area contributed by atoms with Crippen LogP contribution in [0.5, 0.6) is 0 Å². The lowest BCUT2D eigenvalue weighted by molar-refractivity contribution is 0.0784. The van der Waals surface area contributed by atoms with Gasteiger partial charge < -0.3 is 10.0 Å². The van der Waals surface area contributed by atoms with Crippen molar-refractivity contribution in [3.05, 3.63) is 34.9 Å². The summed E-state index contributed by atoms with van der Waals surface area (Å²) in [6.07, 6.45) is 1.09. The summed E-state index contributed by atoms with van der Waals surface area (Å²) in [4.78, 5) is 14.6. The second kappa shape index (κ2) is 6.78. The molecular weight excluding hydrogens is 262 g/mol. The van der Waals surface area contributed by atoms with E-state index in [0.717, 1.165) is 30.6 Å². The summed E-state index contributed by atoms with van der Waals surface area (Å²) in [6, 6.07) is 5.66. The molecular formula is C18H23NO2. The van der Waals surface area contributed by atoms with Crippen LogP contribution < -0.4 is 0 Å². The molecule has 0 aliphatic carbocycles. The topological polar surface area (TPSA) is 40.5 Å². The minimum absolute atomic E-state index is 0.0916. The Morgan fingerprint density at radius 1 is 1.43 bits per heavy atom. The molecule has 1 fully saturated rings. The number of aryl methyl sites for hydroxylation is 1. The molecule has 1 unspecified atom stereocenters. The van der Waals surface area contributed by atoms with Gasteiger partial charge in [0, 0.05) is 24.2 Å². The predicted molar refractivity (Wildman–Crippen MR) is 84.0 cm³/mol. The van der Waals surface area contributed by atoms with E-state index >= 15 is 0 Å². The number of aliphatic hydroxyl groups excluding tert-OH is 1. The van der Waals surface area contributed by atoms with Gasteiger partial charge in [-0.2, -0.15) is 0 Å². The fourth-order valence-electron chi connectivity index (χ4n) is 2.82. The molecule has 1 amide bonds. The molecule has 1 aliphatic heterocycles. The van der Waals surface area contributed by atoms with Gasteiger partial charge in [0.15, 0.2) is 0 Å². The molecule has 0 aromatic heterocycles. The lowest BCUT2D eigenvalue weighted by Gasteiger charge is -2.18. The van der Waals surface area contributed by atoms with Crippen LogP contribution in [0.2, 0.25) is 0 Å². The first-order chi connectivity index (χ1) is 10.0. The van der Waals surface area contributed by atoms with Gasteiger partial charge in [-0.15, -0.1) is 0 Å². The second-order valence-corrected chi connectivity index (χ2v) is 6.09. The summed E-state index contributed by atoms with van der Waals surface area (Å²) in [5, 5.41) is 8.78. The smallest absolute Gasteiger partial charge is 0.253 e. The van der Waals surface area contributed by atoms with E-state index in [1.54, 1.807) is 0 Å². The molecule has 1 heterocycles. The van der Waals surface area contributed by atoms with Crippen molar-refractivity contribution in [1.29, 1.82) is 0 Å². The summed E-state index contributed by atoms with van der Waals surface area (Å²) in [5.41, 5.74) is 2.50. The van der Waals surface area contributed by atoms with Gasteiger partial charge in [0.25, 0.3) is 5.91 Å². The molecule has 1 aromatic rings. The van der Waals surface area contributed by atoms with Crippen molar-refractivity contribution in [2.75, 3.05) is 19.7 Å². The minimum atomic E-state index is -0.167. The molecule has 1 atom stereocenters. The lowest BCUT2D eigenvalue weighted by Crippen LogP contribution is -2.29. The van der Waals surface area contributed by atoms with Crippen LogP contribution in [0.3, 0.4) is 0 Å². The zero-order valence-electron chi connectivity index (χ0n) is 13.0. The number of nitrogens with zero attached hydrogens (tertiary/aromatic N) is 1. The van der Waals surface area contributed by atoms with E-state index in [2.05, 4.69) is 25.7 Å². The first kappa shape index (κ1) is 15.6. The van der Waals surface area contributed by atoms with Crippen molar-refractivity contribution in [2.24, 2.45) is 11.8 Å². The first-order valence-corrected chi connectivity index (χ1v) is 7.52. The summed E-state index contributed by atoms with van der Waals surface area (Å²) in [7, 11) is 0. The number of aliphatic hydroxyl groups is 1. The molecule has 0 radical (unpaired) electrons. The third-order valence-corrected chi connectivity index (χ3v) is 4.09. The molecule has 1 N–H and O–H groups in total. The maximum absolute atomic E-state index is 12.6. The molecule has 1 aliphatic rings. The Kier molecular flexibility index (Phi) is 5.03. The Labute approximate surface area is 127 Å². The standard InChI is InChI=1S/C18H23NO2/c1-13(2)16-6-7-19(12-16)18(21)17-10-14(3)9-15(11-17)5-4-8-20/h9-11,13,16,20H,6-8,12H2,1-3H3. The quantitative estimate of drug-likeness (QED) is 0.848. The molecule has 3 heteroatoms. The number of likely N-dealkylation sites (tertiary alicyclic amines) is 1. The van der Waals surface area contributed by atoms with Crippen LogP contribution in [0.25, 0.3) is 0 Å². The van der Waals surface area contributed by atoms with E-state index in [-0.39, 0.29) is 12.5 Å². The number of amides is 1. The van der Waals surface area contributed by atoms with Gasteiger partial charge >= 0.3 is 0 Å². The highest BCUT2D eigenvalue weighted by Gasteiger charge is 2.28. The number of hydrogen-bond donors (Lipinski definition) is 1. The van der Waals surface area contributed by atoms with Crippen molar-refractivity contribution in [3.63, 3.8) is 0 Å². The van der Waals surface area contributed by atoms with Crippen LogP contribution in [0, 0.1) is 30.6 Å². The van der Waals surface area contributed by atoms with Crippen molar-refractivity contribution < 1.29 is 9.90 Å². The highest BCUT2D eigenvalue weighted by atomic mass is 16.2. The minimum Gasteiger partial charge on any atom is -0.384 e. The Hall–Kier alpha value is -1.79. The Morgan fingerprint density at radius 2 is 2.19 bits per heavy atom. The fourth-order valence-corrected chi connectivity index (χ4v) is 2.82. The maximum Gasteiger partial charge on any atom is 0.253 e. The van der Waals surface area contributed by atoms with Gasteiger partial charge in [-0.1, -0.05) is 25.7 Å². The first-order valence-electron chi connectivity index (χ1n) is 7.52. The summed E-state index contributed by atoms with van der Waals surface area (Å²) >= 11 is 0. The Morgan fingerprint density at radius 3 is 2.81 bits per heavy atom. The maximum atomic E-state index is 12.6. The summed E-state index contributed by atoms with van der Waals surface area (Å²) < 4.78 is 0. The molecule has 0 saturated carbocycles. The van der Waals surface area contributed by atoms with Crippen LogP contribution in [0.4, 0.5) is 0 Å². The van der Waals surface area contributed by atoms with Crippen molar-refractivity contribution in [1.82, 2.24) is 4.90 Å². The normalized spacial score (nSPS) is 17.8. The number of carbonyl (C=O) groups excluding carboxylic acids is 1.